The van der Waals surface area contributed by atoms with Gasteiger partial charge in [0.05, 0.1) is 0 Å². The lowest BCUT2D eigenvalue weighted by Gasteiger charge is -2.19. The molecule has 2 rings (SSSR count). The minimum absolute atomic E-state index is 0.221. The van der Waals surface area contributed by atoms with Crippen LogP contribution >= 0.6 is 11.6 Å². The van der Waals surface area contributed by atoms with Gasteiger partial charge in [0.2, 0.25) is 0 Å². The van der Waals surface area contributed by atoms with Gasteiger partial charge in [-0.2, -0.15) is 0 Å². The summed E-state index contributed by atoms with van der Waals surface area (Å²) in [7, 11) is 0. The van der Waals surface area contributed by atoms with E-state index in [2.05, 4.69) is 19.1 Å². The van der Waals surface area contributed by atoms with Crippen molar-refractivity contribution in [2.75, 3.05) is 6.54 Å². The molecule has 0 radical (unpaired) electrons. The average Bonchev–Trinajstić information content (AvgIpc) is 2.46. The fourth-order valence-corrected chi connectivity index (χ4v) is 2.20. The Hall–Kier alpha value is -1.51. The van der Waals surface area contributed by atoms with Crippen LogP contribution in [0.25, 0.3) is 0 Å². The molecule has 0 aliphatic carbocycles. The maximum atomic E-state index is 6.18. The Morgan fingerprint density at radius 1 is 1.11 bits per heavy atom. The SMILES string of the molecule is CCc1ccc(OC(CN)c2ccccc2Cl)cc1. The summed E-state index contributed by atoms with van der Waals surface area (Å²) in [6.45, 7) is 2.52. The van der Waals surface area contributed by atoms with Gasteiger partial charge in [0.25, 0.3) is 0 Å². The fourth-order valence-electron chi connectivity index (χ4n) is 1.94. The Kier molecular flexibility index (Phi) is 4.83. The normalized spacial score (nSPS) is 12.2. The molecule has 2 nitrogen and oxygen atoms in total. The molecule has 0 saturated carbocycles. The summed E-state index contributed by atoms with van der Waals surface area (Å²) in [4.78, 5) is 0. The Morgan fingerprint density at radius 3 is 2.37 bits per heavy atom. The van der Waals surface area contributed by atoms with Gasteiger partial charge in [-0.25, -0.2) is 0 Å². The van der Waals surface area contributed by atoms with Gasteiger partial charge >= 0.3 is 0 Å². The van der Waals surface area contributed by atoms with Crippen LogP contribution in [0.5, 0.6) is 5.75 Å². The number of halogens is 1. The van der Waals surface area contributed by atoms with Crippen molar-refractivity contribution in [1.29, 1.82) is 0 Å². The second kappa shape index (κ2) is 6.60. The van der Waals surface area contributed by atoms with Crippen LogP contribution < -0.4 is 10.5 Å². The molecule has 1 unspecified atom stereocenters. The smallest absolute Gasteiger partial charge is 0.137 e. The molecule has 0 bridgehead atoms. The monoisotopic (exact) mass is 275 g/mol. The van der Waals surface area contributed by atoms with Crippen molar-refractivity contribution in [2.45, 2.75) is 19.4 Å². The molecule has 2 aromatic carbocycles. The molecule has 0 saturated heterocycles. The second-order valence-corrected chi connectivity index (χ2v) is 4.77. The van der Waals surface area contributed by atoms with E-state index in [-0.39, 0.29) is 6.10 Å². The molecule has 2 aromatic rings. The predicted molar refractivity (Wildman–Crippen MR) is 79.7 cm³/mol. The number of nitrogens with two attached hydrogens (primary N) is 1. The van der Waals surface area contributed by atoms with Crippen molar-refractivity contribution in [3.05, 3.63) is 64.7 Å². The molecule has 0 heterocycles. The third kappa shape index (κ3) is 3.49. The van der Waals surface area contributed by atoms with Crippen molar-refractivity contribution in [1.82, 2.24) is 0 Å². The predicted octanol–water partition coefficient (Wildman–Crippen LogP) is 3.98. The number of hydrogen-bond acceptors (Lipinski definition) is 2. The van der Waals surface area contributed by atoms with Gasteiger partial charge in [-0.15, -0.1) is 0 Å². The molecule has 3 heteroatoms. The summed E-state index contributed by atoms with van der Waals surface area (Å²) in [5.74, 6) is 0.813. The molecule has 0 aliphatic heterocycles. The Bertz CT molecular complexity index is 525. The van der Waals surface area contributed by atoms with E-state index >= 15 is 0 Å². The number of rotatable bonds is 5. The van der Waals surface area contributed by atoms with Gasteiger partial charge in [0.1, 0.15) is 11.9 Å². The standard InChI is InChI=1S/C16H18ClNO/c1-2-12-7-9-13(10-8-12)19-16(11-18)14-5-3-4-6-15(14)17/h3-10,16H,2,11,18H2,1H3. The maximum Gasteiger partial charge on any atom is 0.137 e. The molecule has 1 atom stereocenters. The van der Waals surface area contributed by atoms with E-state index in [9.17, 15) is 0 Å². The summed E-state index contributed by atoms with van der Waals surface area (Å²) in [5.41, 5.74) is 8.00. The third-order valence-corrected chi connectivity index (χ3v) is 3.42. The zero-order chi connectivity index (χ0) is 13.7. The molecular weight excluding hydrogens is 258 g/mol. The highest BCUT2D eigenvalue weighted by Gasteiger charge is 2.14. The Morgan fingerprint density at radius 2 is 1.79 bits per heavy atom. The van der Waals surface area contributed by atoms with Crippen molar-refractivity contribution in [3.63, 3.8) is 0 Å². The largest absolute Gasteiger partial charge is 0.484 e. The summed E-state index contributed by atoms with van der Waals surface area (Å²) < 4.78 is 5.92. The minimum atomic E-state index is -0.221. The van der Waals surface area contributed by atoms with E-state index in [1.807, 2.05) is 36.4 Å². The first-order chi connectivity index (χ1) is 9.24. The van der Waals surface area contributed by atoms with Crippen LogP contribution in [-0.2, 0) is 6.42 Å². The maximum absolute atomic E-state index is 6.18. The molecule has 0 aliphatic rings. The lowest BCUT2D eigenvalue weighted by atomic mass is 10.1. The van der Waals surface area contributed by atoms with Crippen LogP contribution in [0.1, 0.15) is 24.2 Å². The van der Waals surface area contributed by atoms with E-state index in [4.69, 9.17) is 22.1 Å². The first-order valence-electron chi connectivity index (χ1n) is 6.44. The van der Waals surface area contributed by atoms with E-state index in [0.29, 0.717) is 11.6 Å². The van der Waals surface area contributed by atoms with Crippen molar-refractivity contribution < 1.29 is 4.74 Å². The van der Waals surface area contributed by atoms with Crippen LogP contribution in [-0.4, -0.2) is 6.54 Å². The van der Waals surface area contributed by atoms with E-state index in [0.717, 1.165) is 17.7 Å². The first kappa shape index (κ1) is 13.9. The lowest BCUT2D eigenvalue weighted by molar-refractivity contribution is 0.214. The zero-order valence-electron chi connectivity index (χ0n) is 11.0. The van der Waals surface area contributed by atoms with E-state index in [1.54, 1.807) is 0 Å². The van der Waals surface area contributed by atoms with Crippen LogP contribution in [0.15, 0.2) is 48.5 Å². The van der Waals surface area contributed by atoms with Crippen molar-refractivity contribution in [2.24, 2.45) is 5.73 Å². The molecule has 2 N–H and O–H groups in total. The highest BCUT2D eigenvalue weighted by Crippen LogP contribution is 2.27. The molecule has 0 spiro atoms. The molecular formula is C16H18ClNO. The highest BCUT2D eigenvalue weighted by molar-refractivity contribution is 6.31. The molecule has 100 valence electrons. The molecule has 0 amide bonds. The summed E-state index contributed by atoms with van der Waals surface area (Å²) in [6.07, 6.45) is 0.798. The van der Waals surface area contributed by atoms with Gasteiger partial charge in [-0.05, 0) is 30.2 Å². The van der Waals surface area contributed by atoms with Gasteiger partial charge in [-0.3, -0.25) is 0 Å². The minimum Gasteiger partial charge on any atom is -0.484 e. The fraction of sp³-hybridized carbons (Fsp3) is 0.250. The lowest BCUT2D eigenvalue weighted by Crippen LogP contribution is -2.18. The summed E-state index contributed by atoms with van der Waals surface area (Å²) in [5, 5.41) is 0.683. The van der Waals surface area contributed by atoms with Crippen LogP contribution in [0.3, 0.4) is 0 Å². The van der Waals surface area contributed by atoms with E-state index in [1.165, 1.54) is 5.56 Å². The quantitative estimate of drug-likeness (QED) is 0.896. The number of hydrogen-bond donors (Lipinski definition) is 1. The number of benzene rings is 2. The Balaban J connectivity index is 2.17. The van der Waals surface area contributed by atoms with Gasteiger partial charge < -0.3 is 10.5 Å². The average molecular weight is 276 g/mol. The second-order valence-electron chi connectivity index (χ2n) is 4.36. The van der Waals surface area contributed by atoms with E-state index < -0.39 is 0 Å². The summed E-state index contributed by atoms with van der Waals surface area (Å²) in [6, 6.07) is 15.7. The topological polar surface area (TPSA) is 35.2 Å². The van der Waals surface area contributed by atoms with Crippen molar-refractivity contribution in [3.8, 4) is 5.75 Å². The van der Waals surface area contributed by atoms with Crippen LogP contribution in [0.2, 0.25) is 5.02 Å². The molecule has 19 heavy (non-hydrogen) atoms. The van der Waals surface area contributed by atoms with Gasteiger partial charge in [-0.1, -0.05) is 48.9 Å². The van der Waals surface area contributed by atoms with Gasteiger partial charge in [0, 0.05) is 17.1 Å². The summed E-state index contributed by atoms with van der Waals surface area (Å²) >= 11 is 6.18. The highest BCUT2D eigenvalue weighted by atomic mass is 35.5. The van der Waals surface area contributed by atoms with Crippen LogP contribution in [0.4, 0.5) is 0 Å². The number of aryl methyl sites for hydroxylation is 1. The van der Waals surface area contributed by atoms with Crippen LogP contribution in [0, 0.1) is 0 Å². The number of ether oxygens (including phenoxy) is 1. The van der Waals surface area contributed by atoms with Crippen molar-refractivity contribution >= 4 is 11.6 Å². The molecule has 0 fully saturated rings. The van der Waals surface area contributed by atoms with Gasteiger partial charge in [0.15, 0.2) is 0 Å². The molecule has 0 aromatic heterocycles. The zero-order valence-corrected chi connectivity index (χ0v) is 11.7. The first-order valence-corrected chi connectivity index (χ1v) is 6.82. The Labute approximate surface area is 119 Å². The third-order valence-electron chi connectivity index (χ3n) is 3.08.